The highest BCUT2D eigenvalue weighted by Crippen LogP contribution is 2.47. The predicted molar refractivity (Wildman–Crippen MR) is 190 cm³/mol. The van der Waals surface area contributed by atoms with Crippen LogP contribution in [0.5, 0.6) is 0 Å². The Morgan fingerprint density at radius 2 is 0.889 bits per heavy atom. The number of benzene rings is 8. The molecule has 9 aromatic rings. The van der Waals surface area contributed by atoms with Gasteiger partial charge in [0.05, 0.1) is 11.0 Å². The van der Waals surface area contributed by atoms with Crippen LogP contribution in [0.2, 0.25) is 0 Å². The third kappa shape index (κ3) is 4.09. The molecule has 1 heteroatoms. The lowest BCUT2D eigenvalue weighted by Crippen LogP contribution is -1.91. The molecule has 1 aromatic heterocycles. The lowest BCUT2D eigenvalue weighted by Gasteiger charge is -2.18. The molecule has 0 spiro atoms. The molecule has 1 heterocycles. The van der Waals surface area contributed by atoms with Gasteiger partial charge in [-0.2, -0.15) is 0 Å². The molecule has 0 bridgehead atoms. The first-order chi connectivity index (χ1) is 25.7. The van der Waals surface area contributed by atoms with Crippen LogP contribution in [0.1, 0.15) is 11.0 Å². The molecule has 0 saturated carbocycles. The molecule has 0 fully saturated rings. The summed E-state index contributed by atoms with van der Waals surface area (Å²) in [6.07, 6.45) is 0. The molecule has 0 amide bonds. The second-order valence-electron chi connectivity index (χ2n) is 11.0. The van der Waals surface area contributed by atoms with Crippen molar-refractivity contribution in [2.75, 3.05) is 0 Å². The van der Waals surface area contributed by atoms with E-state index in [1.54, 1.807) is 6.07 Å². The van der Waals surface area contributed by atoms with Gasteiger partial charge in [0.25, 0.3) is 0 Å². The Labute approximate surface area is 272 Å². The van der Waals surface area contributed by atoms with Crippen molar-refractivity contribution in [1.29, 1.82) is 0 Å². The van der Waals surface area contributed by atoms with Crippen LogP contribution in [0.3, 0.4) is 0 Å². The molecule has 210 valence electrons. The van der Waals surface area contributed by atoms with E-state index >= 15 is 0 Å². The van der Waals surface area contributed by atoms with Gasteiger partial charge in [-0.05, 0) is 66.6 Å². The minimum atomic E-state index is -0.440. The third-order valence-electron chi connectivity index (χ3n) is 8.53. The molecule has 0 unspecified atom stereocenters. The molecule has 8 aromatic carbocycles. The average molecular weight is 581 g/mol. The van der Waals surface area contributed by atoms with Gasteiger partial charge in [-0.1, -0.05) is 164 Å². The molecular formula is C44H28O. The molecule has 0 aliphatic heterocycles. The van der Waals surface area contributed by atoms with Gasteiger partial charge in [-0.25, -0.2) is 0 Å². The van der Waals surface area contributed by atoms with E-state index in [0.29, 0.717) is 33.2 Å². The normalized spacial score (nSPS) is 14.0. The summed E-state index contributed by atoms with van der Waals surface area (Å²) in [4.78, 5) is 0. The first kappa shape index (κ1) is 18.7. The summed E-state index contributed by atoms with van der Waals surface area (Å²) in [5.41, 5.74) is 6.60. The van der Waals surface area contributed by atoms with Crippen LogP contribution in [0, 0.1) is 0 Å². The van der Waals surface area contributed by atoms with E-state index < -0.39 is 24.2 Å². The van der Waals surface area contributed by atoms with E-state index in [1.807, 2.05) is 115 Å². The summed E-state index contributed by atoms with van der Waals surface area (Å²) in [6, 6.07) is 35.6. The SMILES string of the molecule is [2H]c1c([2H])c([2H])c2c(-c3cccc4oc5c(-c6ccccc6)cccc5c34)c3c([2H])c([2H])c([2H])c([2H])c3c(-c3ccc(-c4ccccc4)cc3)c2c1[2H]. The molecule has 0 aliphatic carbocycles. The van der Waals surface area contributed by atoms with Gasteiger partial charge in [-0.3, -0.25) is 0 Å². The molecule has 0 atom stereocenters. The zero-order valence-electron chi connectivity index (χ0n) is 32.0. The van der Waals surface area contributed by atoms with Crippen molar-refractivity contribution >= 4 is 43.5 Å². The number of furan rings is 1. The van der Waals surface area contributed by atoms with Crippen LogP contribution >= 0.6 is 0 Å². The van der Waals surface area contributed by atoms with Crippen molar-refractivity contribution in [3.05, 3.63) is 170 Å². The topological polar surface area (TPSA) is 13.1 Å². The smallest absolute Gasteiger partial charge is 0.143 e. The molecular weight excluding hydrogens is 544 g/mol. The van der Waals surface area contributed by atoms with Crippen molar-refractivity contribution in [2.45, 2.75) is 0 Å². The quantitative estimate of drug-likeness (QED) is 0.189. The summed E-state index contributed by atoms with van der Waals surface area (Å²) in [5, 5.41) is 2.10. The molecule has 0 N–H and O–H groups in total. The second kappa shape index (κ2) is 10.4. The summed E-state index contributed by atoms with van der Waals surface area (Å²) in [5.74, 6) is 0. The van der Waals surface area contributed by atoms with Crippen LogP contribution < -0.4 is 0 Å². The Morgan fingerprint density at radius 3 is 1.53 bits per heavy atom. The number of para-hydroxylation sites is 1. The van der Waals surface area contributed by atoms with Crippen LogP contribution in [0.25, 0.3) is 88.0 Å². The van der Waals surface area contributed by atoms with E-state index in [9.17, 15) is 5.48 Å². The summed E-state index contributed by atoms with van der Waals surface area (Å²) in [6.45, 7) is 0. The maximum atomic E-state index is 9.39. The first-order valence-electron chi connectivity index (χ1n) is 18.8. The van der Waals surface area contributed by atoms with Crippen molar-refractivity contribution in [3.63, 3.8) is 0 Å². The van der Waals surface area contributed by atoms with Crippen molar-refractivity contribution in [1.82, 2.24) is 0 Å². The predicted octanol–water partition coefficient (Wildman–Crippen LogP) is 12.6. The van der Waals surface area contributed by atoms with E-state index in [1.165, 1.54) is 0 Å². The maximum absolute atomic E-state index is 9.39. The highest BCUT2D eigenvalue weighted by molar-refractivity contribution is 6.26. The number of hydrogen-bond donors (Lipinski definition) is 0. The highest BCUT2D eigenvalue weighted by Gasteiger charge is 2.21. The van der Waals surface area contributed by atoms with Crippen LogP contribution in [-0.2, 0) is 0 Å². The van der Waals surface area contributed by atoms with Crippen molar-refractivity contribution < 1.29 is 15.4 Å². The van der Waals surface area contributed by atoms with Crippen LogP contribution in [-0.4, -0.2) is 0 Å². The van der Waals surface area contributed by atoms with Crippen molar-refractivity contribution in [2.24, 2.45) is 0 Å². The minimum absolute atomic E-state index is 0.164. The van der Waals surface area contributed by atoms with E-state index in [4.69, 9.17) is 9.90 Å². The van der Waals surface area contributed by atoms with Gasteiger partial charge in [-0.15, -0.1) is 0 Å². The van der Waals surface area contributed by atoms with Crippen molar-refractivity contribution in [3.8, 4) is 44.5 Å². The second-order valence-corrected chi connectivity index (χ2v) is 11.0. The largest absolute Gasteiger partial charge is 0.455 e. The summed E-state index contributed by atoms with van der Waals surface area (Å²) >= 11 is 0. The number of rotatable bonds is 4. The van der Waals surface area contributed by atoms with Gasteiger partial charge in [0.15, 0.2) is 0 Å². The van der Waals surface area contributed by atoms with Crippen LogP contribution in [0.4, 0.5) is 0 Å². The van der Waals surface area contributed by atoms with Gasteiger partial charge in [0.1, 0.15) is 11.2 Å². The van der Waals surface area contributed by atoms with E-state index in [-0.39, 0.29) is 51.3 Å². The average Bonchev–Trinajstić information content (AvgIpc) is 3.59. The van der Waals surface area contributed by atoms with Gasteiger partial charge >= 0.3 is 0 Å². The molecule has 9 rings (SSSR count). The molecule has 0 aliphatic rings. The first-order valence-corrected chi connectivity index (χ1v) is 14.8. The lowest BCUT2D eigenvalue weighted by atomic mass is 9.84. The van der Waals surface area contributed by atoms with E-state index in [2.05, 4.69) is 0 Å². The Bertz CT molecular complexity index is 2870. The zero-order chi connectivity index (χ0) is 36.7. The van der Waals surface area contributed by atoms with Gasteiger partial charge in [0, 0.05) is 16.3 Å². The summed E-state index contributed by atoms with van der Waals surface area (Å²) < 4.78 is 79.2. The monoisotopic (exact) mass is 580 g/mol. The highest BCUT2D eigenvalue weighted by atomic mass is 16.3. The molecule has 0 radical (unpaired) electrons. The number of hydrogen-bond acceptors (Lipinski definition) is 1. The van der Waals surface area contributed by atoms with Gasteiger partial charge in [0.2, 0.25) is 0 Å². The molecule has 0 saturated heterocycles. The van der Waals surface area contributed by atoms with E-state index in [0.717, 1.165) is 27.6 Å². The fourth-order valence-corrected chi connectivity index (χ4v) is 6.54. The summed E-state index contributed by atoms with van der Waals surface area (Å²) in [7, 11) is 0. The number of fused-ring (bicyclic) bond motifs is 5. The maximum Gasteiger partial charge on any atom is 0.143 e. The Morgan fingerprint density at radius 1 is 0.378 bits per heavy atom. The fourth-order valence-electron chi connectivity index (χ4n) is 6.54. The molecule has 1 nitrogen and oxygen atoms in total. The Hall–Kier alpha value is -5.92. The Kier molecular flexibility index (Phi) is 4.30. The minimum Gasteiger partial charge on any atom is -0.455 e. The zero-order valence-corrected chi connectivity index (χ0v) is 24.0. The standard InChI is InChI=1S/C44H28O/c1-3-13-29(14-4-1)30-25-27-32(28-26-30)41-34-17-7-9-19-36(34)42(37-20-10-8-18-35(37)41)38-22-12-24-40-43(38)39-23-11-21-33(44(39)45-40)31-15-5-2-6-16-31/h1-28H/i7D,8D,9D,10D,17D,18D,19D,20D. The Balaban J connectivity index is 1.48. The van der Waals surface area contributed by atoms with Gasteiger partial charge < -0.3 is 4.42 Å². The lowest BCUT2D eigenvalue weighted by molar-refractivity contribution is 0.670. The fraction of sp³-hybridized carbons (Fsp3) is 0. The third-order valence-corrected chi connectivity index (χ3v) is 8.53. The molecule has 45 heavy (non-hydrogen) atoms. The van der Waals surface area contributed by atoms with Crippen LogP contribution in [0.15, 0.2) is 174 Å².